The van der Waals surface area contributed by atoms with Crippen LogP contribution in [0.15, 0.2) is 31.3 Å². The highest BCUT2D eigenvalue weighted by atomic mass is 32.2. The lowest BCUT2D eigenvalue weighted by Gasteiger charge is -2.32. The van der Waals surface area contributed by atoms with Gasteiger partial charge in [-0.05, 0) is 57.5 Å². The number of rotatable bonds is 12. The third kappa shape index (κ3) is 7.91. The molecule has 13 nitrogen and oxygen atoms in total. The largest absolute Gasteiger partial charge is 0.548 e. The van der Waals surface area contributed by atoms with Crippen molar-refractivity contribution in [1.29, 1.82) is 0 Å². The van der Waals surface area contributed by atoms with Crippen molar-refractivity contribution in [3.8, 4) is 5.75 Å². The average molecular weight is 669 g/mol. The summed E-state index contributed by atoms with van der Waals surface area (Å²) in [5.74, 6) is 0.531. The fraction of sp³-hybridized carbons (Fsp3) is 0.643. The molecule has 5 rings (SSSR count). The van der Waals surface area contributed by atoms with Gasteiger partial charge in [0.05, 0.1) is 12.0 Å². The fourth-order valence-corrected chi connectivity index (χ4v) is 8.88. The second-order valence-electron chi connectivity index (χ2n) is 12.0. The number of aromatic nitrogens is 2. The van der Waals surface area contributed by atoms with Crippen LogP contribution in [0.1, 0.15) is 44.1 Å². The molecule has 2 atom stereocenters. The molecular weight excluding hydrogens is 625 g/mol. The molecule has 244 valence electrons. The molecule has 0 radical (unpaired) electrons. The topological polar surface area (TPSA) is 157 Å². The number of nitrogens with zero attached hydrogens (tertiary/aromatic N) is 6. The van der Waals surface area contributed by atoms with Crippen molar-refractivity contribution in [3.63, 3.8) is 0 Å². The van der Waals surface area contributed by atoms with E-state index in [2.05, 4.69) is 35.8 Å². The Hall–Kier alpha value is -2.31. The molecule has 0 aromatic carbocycles. The number of thiophene rings is 1. The van der Waals surface area contributed by atoms with Gasteiger partial charge in [-0.15, -0.1) is 15.7 Å². The first kappa shape index (κ1) is 33.1. The van der Waals surface area contributed by atoms with E-state index in [1.807, 2.05) is 27.0 Å². The van der Waals surface area contributed by atoms with Crippen LogP contribution in [-0.2, 0) is 16.4 Å². The molecule has 1 unspecified atom stereocenters. The highest BCUT2D eigenvalue weighted by Crippen LogP contribution is 2.40. The lowest BCUT2D eigenvalue weighted by molar-refractivity contribution is 0.152. The molecular formula is C28H44N8O5S3. The van der Waals surface area contributed by atoms with E-state index in [1.54, 1.807) is 6.26 Å². The molecule has 3 aromatic rings. The van der Waals surface area contributed by atoms with Crippen molar-refractivity contribution in [2.24, 2.45) is 10.9 Å². The monoisotopic (exact) mass is 668 g/mol. The van der Waals surface area contributed by atoms with Crippen molar-refractivity contribution < 1.29 is 22.5 Å². The van der Waals surface area contributed by atoms with Gasteiger partial charge in [0.2, 0.25) is 11.3 Å². The molecule has 2 aliphatic rings. The second-order valence-corrected chi connectivity index (χ2v) is 15.9. The summed E-state index contributed by atoms with van der Waals surface area (Å²) in [5.41, 5.74) is 1.53. The Morgan fingerprint density at radius 3 is 2.50 bits per heavy atom. The first-order valence-corrected chi connectivity index (χ1v) is 18.5. The minimum atomic E-state index is -3.86. The molecule has 5 heterocycles. The smallest absolute Gasteiger partial charge is 0.256 e. The predicted molar refractivity (Wildman–Crippen MR) is 171 cm³/mol. The molecule has 3 N–H and O–H groups in total. The Morgan fingerprint density at radius 1 is 1.14 bits per heavy atom. The van der Waals surface area contributed by atoms with Crippen LogP contribution in [0.5, 0.6) is 5.75 Å². The predicted octanol–water partition coefficient (Wildman–Crippen LogP) is 3.05. The van der Waals surface area contributed by atoms with Crippen molar-refractivity contribution >= 4 is 44.0 Å². The number of anilines is 2. The van der Waals surface area contributed by atoms with E-state index in [0.29, 0.717) is 31.9 Å². The number of aryl methyl sites for hydroxylation is 1. The van der Waals surface area contributed by atoms with E-state index < -0.39 is 26.9 Å². The summed E-state index contributed by atoms with van der Waals surface area (Å²) in [6.45, 7) is 11.6. The third-order valence-corrected chi connectivity index (χ3v) is 12.4. The molecule has 0 bridgehead atoms. The summed E-state index contributed by atoms with van der Waals surface area (Å²) in [6.07, 6.45) is 4.92. The van der Waals surface area contributed by atoms with E-state index >= 15 is 0 Å². The number of aromatic hydroxyl groups is 1. The maximum atomic E-state index is 13.2. The van der Waals surface area contributed by atoms with Crippen molar-refractivity contribution in [2.45, 2.75) is 43.4 Å². The Morgan fingerprint density at radius 2 is 1.82 bits per heavy atom. The van der Waals surface area contributed by atoms with Gasteiger partial charge in [-0.3, -0.25) is 0 Å². The maximum absolute atomic E-state index is 13.2. The maximum Gasteiger partial charge on any atom is 0.256 e. The zero-order valence-corrected chi connectivity index (χ0v) is 28.3. The molecule has 16 heteroatoms. The molecule has 2 saturated heterocycles. The number of piperazine rings is 2. The number of hydrogen-bond acceptors (Lipinski definition) is 12. The van der Waals surface area contributed by atoms with Gasteiger partial charge in [-0.1, -0.05) is 13.8 Å². The van der Waals surface area contributed by atoms with Gasteiger partial charge < -0.3 is 34.1 Å². The highest BCUT2D eigenvalue weighted by molar-refractivity contribution is 7.91. The number of hydrogen-bond donors (Lipinski definition) is 3. The van der Waals surface area contributed by atoms with Gasteiger partial charge in [0.1, 0.15) is 11.8 Å². The van der Waals surface area contributed by atoms with Crippen LogP contribution >= 0.6 is 22.5 Å². The normalized spacial score (nSPS) is 19.7. The Labute approximate surface area is 266 Å². The number of likely N-dealkylation sites (N-methyl/N-ethyl adjacent to an activating group) is 2. The summed E-state index contributed by atoms with van der Waals surface area (Å²) >= 11 is -0.842. The number of H-pyrrole nitrogens is 1. The van der Waals surface area contributed by atoms with E-state index in [-0.39, 0.29) is 33.2 Å². The number of unbranched alkanes of at least 4 members (excludes halogenated alkanes) is 1. The second kappa shape index (κ2) is 14.4. The zero-order chi connectivity index (χ0) is 31.4. The van der Waals surface area contributed by atoms with Crippen molar-refractivity contribution in [2.75, 3.05) is 78.3 Å². The van der Waals surface area contributed by atoms with Gasteiger partial charge in [-0.2, -0.15) is 4.31 Å². The van der Waals surface area contributed by atoms with Crippen molar-refractivity contribution in [3.05, 3.63) is 34.5 Å². The molecule has 2 aliphatic heterocycles. The molecule has 3 aromatic heterocycles. The molecule has 0 saturated carbocycles. The quantitative estimate of drug-likeness (QED) is 0.194. The SMILES string of the molecule is CC(C)[C@@H](N=c1[nH][s+]([O-])nc1Nc1csc(S(=O)(=O)N2CCN(C)CC2)c1O)c1cc(CCCCN2CCN(C)CC2)co1. The van der Waals surface area contributed by atoms with Gasteiger partial charge in [0.25, 0.3) is 10.0 Å². The van der Waals surface area contributed by atoms with Crippen LogP contribution in [0.2, 0.25) is 0 Å². The highest BCUT2D eigenvalue weighted by Gasteiger charge is 2.32. The minimum absolute atomic E-state index is 0.0608. The molecule has 0 aliphatic carbocycles. The van der Waals surface area contributed by atoms with E-state index in [9.17, 15) is 18.1 Å². The molecule has 0 spiro atoms. The Kier molecular flexibility index (Phi) is 10.8. The minimum Gasteiger partial charge on any atom is -0.548 e. The zero-order valence-electron chi connectivity index (χ0n) is 25.9. The summed E-state index contributed by atoms with van der Waals surface area (Å²) < 4.78 is 52.9. The van der Waals surface area contributed by atoms with Crippen LogP contribution in [0.4, 0.5) is 11.5 Å². The standard InChI is InChI=1S/C28H44N8O5S3/c1-20(2)24(23-17-21(18-41-23)7-5-6-8-35-13-9-33(3)10-14-35)30-27-26(31-43(38)32-27)29-22-19-42-28(25(22)37)44(39,40)36-15-11-34(4)12-16-36/h17-20,24,37H,5-16H2,1-4H3,(H,29,31)(H,30,32)/t24-,43?/m1/s1. The van der Waals surface area contributed by atoms with E-state index in [0.717, 1.165) is 68.9 Å². The van der Waals surface area contributed by atoms with Gasteiger partial charge in [0, 0.05) is 62.1 Å². The van der Waals surface area contributed by atoms with Crippen LogP contribution in [0.3, 0.4) is 0 Å². The molecule has 2 fully saturated rings. The number of aromatic amines is 1. The molecule has 0 amide bonds. The summed E-state index contributed by atoms with van der Waals surface area (Å²) in [5, 5.41) is 15.4. The van der Waals surface area contributed by atoms with Crippen LogP contribution in [0.25, 0.3) is 0 Å². The van der Waals surface area contributed by atoms with E-state index in [4.69, 9.17) is 9.41 Å². The van der Waals surface area contributed by atoms with Crippen LogP contribution < -0.4 is 10.8 Å². The Balaban J connectivity index is 1.27. The van der Waals surface area contributed by atoms with Gasteiger partial charge in [0.15, 0.2) is 21.1 Å². The molecule has 44 heavy (non-hydrogen) atoms. The Bertz CT molecular complexity index is 1550. The summed E-state index contributed by atoms with van der Waals surface area (Å²) in [7, 11) is 0.254. The average Bonchev–Trinajstić information content (AvgIpc) is 3.70. The lowest BCUT2D eigenvalue weighted by Crippen LogP contribution is -2.46. The summed E-state index contributed by atoms with van der Waals surface area (Å²) in [4.78, 5) is 11.8. The third-order valence-electron chi connectivity index (χ3n) is 8.26. The van der Waals surface area contributed by atoms with Crippen LogP contribution in [-0.4, -0.2) is 119 Å². The lowest BCUT2D eigenvalue weighted by atomic mass is 10.0. The van der Waals surface area contributed by atoms with Gasteiger partial charge >= 0.3 is 0 Å². The van der Waals surface area contributed by atoms with Crippen LogP contribution in [0, 0.1) is 5.92 Å². The fourth-order valence-electron chi connectivity index (χ4n) is 5.43. The van der Waals surface area contributed by atoms with E-state index in [1.165, 1.54) is 9.69 Å². The first-order chi connectivity index (χ1) is 21.0. The number of furan rings is 1. The summed E-state index contributed by atoms with van der Waals surface area (Å²) in [6, 6.07) is 1.67. The van der Waals surface area contributed by atoms with Crippen molar-refractivity contribution in [1.82, 2.24) is 27.8 Å². The first-order valence-electron chi connectivity index (χ1n) is 15.1. The van der Waals surface area contributed by atoms with Gasteiger partial charge in [-0.25, -0.2) is 13.4 Å². The number of nitrogens with one attached hydrogen (secondary N) is 2. The number of sulfonamides is 1.